The second-order valence-electron chi connectivity index (χ2n) is 4.98. The number of rotatable bonds is 3. The van der Waals surface area contributed by atoms with Crippen molar-refractivity contribution in [3.63, 3.8) is 0 Å². The van der Waals surface area contributed by atoms with Crippen molar-refractivity contribution in [1.82, 2.24) is 10.3 Å². The number of thiophene rings is 1. The molecule has 3 heterocycles. The van der Waals surface area contributed by atoms with Gasteiger partial charge in [-0.1, -0.05) is 0 Å². The van der Waals surface area contributed by atoms with Crippen molar-refractivity contribution in [2.45, 2.75) is 12.8 Å². The smallest absolute Gasteiger partial charge is 0.137 e. The molecule has 96 valence electrons. The van der Waals surface area contributed by atoms with Gasteiger partial charge in [0.1, 0.15) is 5.82 Å². The molecular formula is C14H19N3S. The fourth-order valence-electron chi connectivity index (χ4n) is 2.84. The van der Waals surface area contributed by atoms with Crippen LogP contribution in [0.25, 0.3) is 10.1 Å². The Hall–Kier alpha value is -1.13. The van der Waals surface area contributed by atoms with E-state index >= 15 is 0 Å². The van der Waals surface area contributed by atoms with Gasteiger partial charge in [0.25, 0.3) is 0 Å². The van der Waals surface area contributed by atoms with E-state index in [0.29, 0.717) is 0 Å². The number of pyridine rings is 1. The molecule has 1 aliphatic heterocycles. The summed E-state index contributed by atoms with van der Waals surface area (Å²) in [5, 5.41) is 6.77. The maximum Gasteiger partial charge on any atom is 0.137 e. The summed E-state index contributed by atoms with van der Waals surface area (Å²) in [5.41, 5.74) is 0. The highest BCUT2D eigenvalue weighted by Crippen LogP contribution is 2.30. The predicted molar refractivity (Wildman–Crippen MR) is 78.5 cm³/mol. The molecule has 1 fully saturated rings. The van der Waals surface area contributed by atoms with Crippen molar-refractivity contribution < 1.29 is 0 Å². The van der Waals surface area contributed by atoms with Crippen LogP contribution in [0.4, 0.5) is 5.82 Å². The van der Waals surface area contributed by atoms with Crippen LogP contribution >= 0.6 is 11.3 Å². The molecule has 1 saturated heterocycles. The van der Waals surface area contributed by atoms with Crippen LogP contribution in [-0.4, -0.2) is 31.7 Å². The quantitative estimate of drug-likeness (QED) is 0.921. The second kappa shape index (κ2) is 5.24. The molecule has 0 aliphatic carbocycles. The van der Waals surface area contributed by atoms with E-state index in [-0.39, 0.29) is 0 Å². The van der Waals surface area contributed by atoms with Gasteiger partial charge in [-0.15, -0.1) is 11.3 Å². The van der Waals surface area contributed by atoms with Crippen molar-refractivity contribution in [3.8, 4) is 0 Å². The highest BCUT2D eigenvalue weighted by molar-refractivity contribution is 7.17. The van der Waals surface area contributed by atoms with Gasteiger partial charge in [-0.05, 0) is 49.9 Å². The summed E-state index contributed by atoms with van der Waals surface area (Å²) in [7, 11) is 2.04. The lowest BCUT2D eigenvalue weighted by Gasteiger charge is -2.33. The molecule has 4 heteroatoms. The Morgan fingerprint density at radius 3 is 3.33 bits per heavy atom. The highest BCUT2D eigenvalue weighted by Gasteiger charge is 2.21. The van der Waals surface area contributed by atoms with E-state index < -0.39 is 0 Å². The highest BCUT2D eigenvalue weighted by atomic mass is 32.1. The minimum Gasteiger partial charge on any atom is -0.356 e. The van der Waals surface area contributed by atoms with Gasteiger partial charge in [-0.2, -0.15) is 0 Å². The Balaban J connectivity index is 1.87. The van der Waals surface area contributed by atoms with Gasteiger partial charge in [0, 0.05) is 29.4 Å². The third kappa shape index (κ3) is 2.22. The van der Waals surface area contributed by atoms with Crippen LogP contribution in [0.3, 0.4) is 0 Å². The molecule has 0 amide bonds. The van der Waals surface area contributed by atoms with Crippen molar-refractivity contribution in [1.29, 1.82) is 0 Å². The Bertz CT molecular complexity index is 520. The van der Waals surface area contributed by atoms with E-state index in [2.05, 4.69) is 32.7 Å². The van der Waals surface area contributed by atoms with Crippen molar-refractivity contribution >= 4 is 27.2 Å². The Labute approximate surface area is 112 Å². The average Bonchev–Trinajstić information content (AvgIpc) is 2.87. The lowest BCUT2D eigenvalue weighted by molar-refractivity contribution is 0.402. The molecular weight excluding hydrogens is 242 g/mol. The summed E-state index contributed by atoms with van der Waals surface area (Å²) >= 11 is 1.80. The lowest BCUT2D eigenvalue weighted by atomic mass is 9.98. The largest absolute Gasteiger partial charge is 0.356 e. The number of hydrogen-bond acceptors (Lipinski definition) is 4. The Kier molecular flexibility index (Phi) is 3.48. The molecule has 18 heavy (non-hydrogen) atoms. The fourth-order valence-corrected chi connectivity index (χ4v) is 3.62. The number of piperidine rings is 1. The van der Waals surface area contributed by atoms with Gasteiger partial charge in [-0.3, -0.25) is 0 Å². The number of fused-ring (bicyclic) bond motifs is 1. The molecule has 1 N–H and O–H groups in total. The first-order valence-electron chi connectivity index (χ1n) is 6.60. The number of nitrogens with zero attached hydrogens (tertiary/aromatic N) is 2. The molecule has 2 aromatic heterocycles. The summed E-state index contributed by atoms with van der Waals surface area (Å²) in [4.78, 5) is 7.07. The minimum absolute atomic E-state index is 0.749. The molecule has 3 nitrogen and oxygen atoms in total. The zero-order valence-electron chi connectivity index (χ0n) is 10.7. The SMILES string of the molecule is CNCC1CCCN(c2nccc3sccc23)C1. The summed E-state index contributed by atoms with van der Waals surface area (Å²) in [6.45, 7) is 3.38. The van der Waals surface area contributed by atoms with Gasteiger partial charge in [0.05, 0.1) is 0 Å². The van der Waals surface area contributed by atoms with E-state index in [4.69, 9.17) is 0 Å². The van der Waals surface area contributed by atoms with Gasteiger partial charge in [-0.25, -0.2) is 4.98 Å². The molecule has 0 aromatic carbocycles. The lowest BCUT2D eigenvalue weighted by Crippen LogP contribution is -2.39. The molecule has 0 saturated carbocycles. The zero-order chi connectivity index (χ0) is 12.4. The summed E-state index contributed by atoms with van der Waals surface area (Å²) < 4.78 is 1.34. The molecule has 0 bridgehead atoms. The predicted octanol–water partition coefficient (Wildman–Crippen LogP) is 2.73. The van der Waals surface area contributed by atoms with Crippen LogP contribution in [0, 0.1) is 5.92 Å². The third-order valence-corrected chi connectivity index (χ3v) is 4.55. The Morgan fingerprint density at radius 1 is 1.50 bits per heavy atom. The van der Waals surface area contributed by atoms with E-state index in [0.717, 1.165) is 25.6 Å². The normalized spacial score (nSPS) is 20.5. The molecule has 1 unspecified atom stereocenters. The number of hydrogen-bond donors (Lipinski definition) is 1. The van der Waals surface area contributed by atoms with Gasteiger partial charge in [0.2, 0.25) is 0 Å². The molecule has 1 aliphatic rings. The number of aromatic nitrogens is 1. The van der Waals surface area contributed by atoms with Crippen molar-refractivity contribution in [2.75, 3.05) is 31.6 Å². The van der Waals surface area contributed by atoms with Crippen LogP contribution in [0.1, 0.15) is 12.8 Å². The fraction of sp³-hybridized carbons (Fsp3) is 0.500. The van der Waals surface area contributed by atoms with Crippen molar-refractivity contribution in [3.05, 3.63) is 23.7 Å². The molecule has 1 atom stereocenters. The third-order valence-electron chi connectivity index (χ3n) is 3.67. The van der Waals surface area contributed by atoms with Crippen molar-refractivity contribution in [2.24, 2.45) is 5.92 Å². The van der Waals surface area contributed by atoms with E-state index in [1.54, 1.807) is 11.3 Å². The van der Waals surface area contributed by atoms with Crippen LogP contribution in [0.2, 0.25) is 0 Å². The first-order valence-corrected chi connectivity index (χ1v) is 7.48. The minimum atomic E-state index is 0.749. The van der Waals surface area contributed by atoms with Crippen LogP contribution in [0.15, 0.2) is 23.7 Å². The number of anilines is 1. The Morgan fingerprint density at radius 2 is 2.44 bits per heavy atom. The second-order valence-corrected chi connectivity index (χ2v) is 5.93. The molecule has 0 radical (unpaired) electrons. The van der Waals surface area contributed by atoms with E-state index in [1.807, 2.05) is 13.2 Å². The maximum absolute atomic E-state index is 4.61. The zero-order valence-corrected chi connectivity index (χ0v) is 11.5. The van der Waals surface area contributed by atoms with Crippen LogP contribution in [0.5, 0.6) is 0 Å². The van der Waals surface area contributed by atoms with Crippen LogP contribution < -0.4 is 10.2 Å². The van der Waals surface area contributed by atoms with Gasteiger partial charge in [0.15, 0.2) is 0 Å². The van der Waals surface area contributed by atoms with Crippen LogP contribution in [-0.2, 0) is 0 Å². The van der Waals surface area contributed by atoms with Gasteiger partial charge < -0.3 is 10.2 Å². The summed E-state index contributed by atoms with van der Waals surface area (Å²) in [5.74, 6) is 1.92. The van der Waals surface area contributed by atoms with E-state index in [9.17, 15) is 0 Å². The standard InChI is InChI=1S/C14H19N3S/c1-15-9-11-3-2-7-17(10-11)14-12-5-8-18-13(12)4-6-16-14/h4-6,8,11,15H,2-3,7,9-10H2,1H3. The number of nitrogens with one attached hydrogen (secondary N) is 1. The first-order chi connectivity index (χ1) is 8.88. The summed E-state index contributed by atoms with van der Waals surface area (Å²) in [6.07, 6.45) is 4.54. The van der Waals surface area contributed by atoms with E-state index in [1.165, 1.54) is 28.7 Å². The average molecular weight is 261 g/mol. The topological polar surface area (TPSA) is 28.2 Å². The maximum atomic E-state index is 4.61. The monoisotopic (exact) mass is 261 g/mol. The molecule has 2 aromatic rings. The molecule has 3 rings (SSSR count). The van der Waals surface area contributed by atoms with Gasteiger partial charge >= 0.3 is 0 Å². The first kappa shape index (κ1) is 11.9. The summed E-state index contributed by atoms with van der Waals surface area (Å²) in [6, 6.07) is 4.31. The molecule has 0 spiro atoms.